The summed E-state index contributed by atoms with van der Waals surface area (Å²) in [5.41, 5.74) is 0.879. The molecule has 0 unspecified atom stereocenters. The van der Waals surface area contributed by atoms with Gasteiger partial charge in [-0.25, -0.2) is 0 Å². The molecule has 1 aliphatic heterocycles. The van der Waals surface area contributed by atoms with Crippen molar-refractivity contribution in [2.45, 2.75) is 37.8 Å². The number of hydrogen-bond donors (Lipinski definition) is 1. The molecule has 0 spiro atoms. The van der Waals surface area contributed by atoms with E-state index in [1.807, 2.05) is 19.3 Å². The van der Waals surface area contributed by atoms with Gasteiger partial charge in [0.1, 0.15) is 5.76 Å². The van der Waals surface area contributed by atoms with Crippen LogP contribution in [-0.4, -0.2) is 45.8 Å². The van der Waals surface area contributed by atoms with E-state index < -0.39 is 0 Å². The number of nitrogens with zero attached hydrogens (tertiary/aromatic N) is 3. The lowest BCUT2D eigenvalue weighted by Gasteiger charge is -2.41. The Hall–Kier alpha value is -2.08. The van der Waals surface area contributed by atoms with Crippen molar-refractivity contribution >= 4 is 5.91 Å². The first-order valence-electron chi connectivity index (χ1n) is 8.33. The maximum absolute atomic E-state index is 12.3. The Balaban J connectivity index is 1.32. The van der Waals surface area contributed by atoms with Gasteiger partial charge in [0.15, 0.2) is 5.76 Å². The van der Waals surface area contributed by atoms with Gasteiger partial charge in [-0.15, -0.1) is 0 Å². The second kappa shape index (κ2) is 5.85. The number of amides is 1. The van der Waals surface area contributed by atoms with Crippen LogP contribution in [0.3, 0.4) is 0 Å². The van der Waals surface area contributed by atoms with E-state index in [9.17, 15) is 4.79 Å². The number of furan rings is 1. The summed E-state index contributed by atoms with van der Waals surface area (Å²) in [5, 5.41) is 7.19. The zero-order valence-electron chi connectivity index (χ0n) is 13.4. The molecule has 1 aliphatic carbocycles. The van der Waals surface area contributed by atoms with Crippen LogP contribution in [0.25, 0.3) is 11.3 Å². The first kappa shape index (κ1) is 14.5. The maximum atomic E-state index is 12.3. The fourth-order valence-corrected chi connectivity index (χ4v) is 3.53. The van der Waals surface area contributed by atoms with Crippen molar-refractivity contribution in [2.24, 2.45) is 7.05 Å². The second-order valence-electron chi connectivity index (χ2n) is 6.61. The van der Waals surface area contributed by atoms with Crippen LogP contribution in [-0.2, 0) is 7.05 Å². The Bertz CT molecular complexity index is 693. The second-order valence-corrected chi connectivity index (χ2v) is 6.61. The van der Waals surface area contributed by atoms with Gasteiger partial charge in [0.25, 0.3) is 5.91 Å². The Morgan fingerprint density at radius 2 is 2.09 bits per heavy atom. The Morgan fingerprint density at radius 3 is 2.78 bits per heavy atom. The highest BCUT2D eigenvalue weighted by atomic mass is 16.3. The van der Waals surface area contributed by atoms with Gasteiger partial charge in [-0.3, -0.25) is 9.48 Å². The summed E-state index contributed by atoms with van der Waals surface area (Å²) in [6.07, 6.45) is 8.35. The third kappa shape index (κ3) is 2.91. The van der Waals surface area contributed by atoms with E-state index in [2.05, 4.69) is 15.3 Å². The zero-order chi connectivity index (χ0) is 15.8. The minimum absolute atomic E-state index is 0.120. The van der Waals surface area contributed by atoms with Crippen molar-refractivity contribution in [3.63, 3.8) is 0 Å². The highest BCUT2D eigenvalue weighted by molar-refractivity contribution is 5.92. The largest absolute Gasteiger partial charge is 0.451 e. The monoisotopic (exact) mass is 314 g/mol. The number of aryl methyl sites for hydroxylation is 1. The van der Waals surface area contributed by atoms with Crippen molar-refractivity contribution in [3.8, 4) is 11.3 Å². The number of carbonyl (C=O) groups excluding carboxylic acids is 1. The van der Waals surface area contributed by atoms with Crippen LogP contribution in [0.2, 0.25) is 0 Å². The molecular formula is C17H22N4O2. The van der Waals surface area contributed by atoms with Gasteiger partial charge in [0, 0.05) is 25.3 Å². The molecule has 1 saturated carbocycles. The molecule has 1 saturated heterocycles. The first-order chi connectivity index (χ1) is 11.2. The van der Waals surface area contributed by atoms with Crippen LogP contribution in [0, 0.1) is 0 Å². The van der Waals surface area contributed by atoms with Crippen LogP contribution < -0.4 is 5.32 Å². The summed E-state index contributed by atoms with van der Waals surface area (Å²) in [6.45, 7) is 2.44. The van der Waals surface area contributed by atoms with Gasteiger partial charge in [-0.1, -0.05) is 0 Å². The van der Waals surface area contributed by atoms with Crippen LogP contribution >= 0.6 is 0 Å². The molecule has 0 bridgehead atoms. The van der Waals surface area contributed by atoms with E-state index in [-0.39, 0.29) is 11.9 Å². The third-order valence-electron chi connectivity index (χ3n) is 4.92. The van der Waals surface area contributed by atoms with Crippen LogP contribution in [0.5, 0.6) is 0 Å². The summed E-state index contributed by atoms with van der Waals surface area (Å²) in [5.74, 6) is 0.922. The van der Waals surface area contributed by atoms with E-state index in [0.29, 0.717) is 17.6 Å². The van der Waals surface area contributed by atoms with Crippen LogP contribution in [0.4, 0.5) is 0 Å². The fourth-order valence-electron chi connectivity index (χ4n) is 3.53. The van der Waals surface area contributed by atoms with E-state index in [1.165, 1.54) is 25.9 Å². The lowest BCUT2D eigenvalue weighted by atomic mass is 9.85. The van der Waals surface area contributed by atoms with Gasteiger partial charge in [0.05, 0.1) is 11.8 Å². The number of aromatic nitrogens is 2. The van der Waals surface area contributed by atoms with Gasteiger partial charge in [0.2, 0.25) is 0 Å². The Labute approximate surface area is 135 Å². The SMILES string of the molecule is Cn1cc(-c2ccc(C(=O)NC3CC(N4CCCC4)C3)o2)cn1. The van der Waals surface area contributed by atoms with Crippen molar-refractivity contribution < 1.29 is 9.21 Å². The molecule has 122 valence electrons. The highest BCUT2D eigenvalue weighted by Crippen LogP contribution is 2.29. The minimum atomic E-state index is -0.120. The fraction of sp³-hybridized carbons (Fsp3) is 0.529. The van der Waals surface area contributed by atoms with E-state index in [4.69, 9.17) is 4.42 Å². The van der Waals surface area contributed by atoms with Gasteiger partial charge >= 0.3 is 0 Å². The molecule has 3 heterocycles. The molecule has 1 N–H and O–H groups in total. The van der Waals surface area contributed by atoms with Crippen molar-refractivity contribution in [3.05, 3.63) is 30.3 Å². The molecule has 6 heteroatoms. The number of hydrogen-bond acceptors (Lipinski definition) is 4. The number of rotatable bonds is 4. The lowest BCUT2D eigenvalue weighted by Crippen LogP contribution is -2.53. The molecular weight excluding hydrogens is 292 g/mol. The summed E-state index contributed by atoms with van der Waals surface area (Å²) in [6, 6.07) is 4.49. The van der Waals surface area contributed by atoms with E-state index in [0.717, 1.165) is 18.4 Å². The molecule has 2 aromatic rings. The molecule has 2 fully saturated rings. The average Bonchev–Trinajstić information content (AvgIpc) is 3.22. The molecule has 1 amide bonds. The van der Waals surface area contributed by atoms with E-state index in [1.54, 1.807) is 16.9 Å². The molecule has 0 atom stereocenters. The van der Waals surface area contributed by atoms with Crippen molar-refractivity contribution in [1.29, 1.82) is 0 Å². The molecule has 6 nitrogen and oxygen atoms in total. The van der Waals surface area contributed by atoms with Crippen LogP contribution in [0.15, 0.2) is 28.9 Å². The van der Waals surface area contributed by atoms with E-state index >= 15 is 0 Å². The smallest absolute Gasteiger partial charge is 0.287 e. The molecule has 0 radical (unpaired) electrons. The highest BCUT2D eigenvalue weighted by Gasteiger charge is 2.35. The predicted molar refractivity (Wildman–Crippen MR) is 86.0 cm³/mol. The normalized spacial score (nSPS) is 24.6. The van der Waals surface area contributed by atoms with Gasteiger partial charge in [-0.05, 0) is 50.9 Å². The minimum Gasteiger partial charge on any atom is -0.451 e. The standard InChI is InChI=1S/C17H22N4O2/c1-20-11-12(10-18-20)15-4-5-16(23-15)17(22)19-13-8-14(9-13)21-6-2-3-7-21/h4-5,10-11,13-14H,2-3,6-9H2,1H3,(H,19,22). The topological polar surface area (TPSA) is 63.3 Å². The average molecular weight is 314 g/mol. The predicted octanol–water partition coefficient (Wildman–Crippen LogP) is 2.04. The van der Waals surface area contributed by atoms with Gasteiger partial charge in [-0.2, -0.15) is 5.10 Å². The molecule has 23 heavy (non-hydrogen) atoms. The molecule has 4 rings (SSSR count). The zero-order valence-corrected chi connectivity index (χ0v) is 13.4. The molecule has 2 aliphatic rings. The summed E-state index contributed by atoms with van der Waals surface area (Å²) < 4.78 is 7.38. The molecule has 0 aromatic carbocycles. The third-order valence-corrected chi connectivity index (χ3v) is 4.92. The van der Waals surface area contributed by atoms with Crippen molar-refractivity contribution in [2.75, 3.05) is 13.1 Å². The van der Waals surface area contributed by atoms with Crippen molar-refractivity contribution in [1.82, 2.24) is 20.0 Å². The Kier molecular flexibility index (Phi) is 3.69. The lowest BCUT2D eigenvalue weighted by molar-refractivity contribution is 0.0795. The summed E-state index contributed by atoms with van der Waals surface area (Å²) in [7, 11) is 1.85. The summed E-state index contributed by atoms with van der Waals surface area (Å²) >= 11 is 0. The first-order valence-corrected chi connectivity index (χ1v) is 8.33. The number of nitrogens with one attached hydrogen (secondary N) is 1. The Morgan fingerprint density at radius 1 is 1.30 bits per heavy atom. The molecule has 2 aromatic heterocycles. The van der Waals surface area contributed by atoms with Gasteiger partial charge < -0.3 is 14.6 Å². The maximum Gasteiger partial charge on any atom is 0.287 e. The summed E-state index contributed by atoms with van der Waals surface area (Å²) in [4.78, 5) is 14.8. The number of carbonyl (C=O) groups is 1. The van der Waals surface area contributed by atoms with Crippen LogP contribution in [0.1, 0.15) is 36.2 Å². The quantitative estimate of drug-likeness (QED) is 0.938. The number of likely N-dealkylation sites (tertiary alicyclic amines) is 1.